The summed E-state index contributed by atoms with van der Waals surface area (Å²) in [6, 6.07) is -0.656. The van der Waals surface area contributed by atoms with Gasteiger partial charge >= 0.3 is 6.03 Å². The third kappa shape index (κ3) is 4.15. The highest BCUT2D eigenvalue weighted by atomic mass is 16.6. The van der Waals surface area contributed by atoms with Crippen molar-refractivity contribution in [2.45, 2.75) is 0 Å². The number of hydroxylamine groups is 1. The standard InChI is InChI=1S/C5H11N3O3/c1-8(5(6)10)3-4(9)7-11-2/h3H2,1-2H3,(H2,6,10)(H,7,9). The molecule has 0 saturated carbocycles. The van der Waals surface area contributed by atoms with Gasteiger partial charge in [-0.25, -0.2) is 10.3 Å². The fraction of sp³-hybridized carbons (Fsp3) is 0.600. The van der Waals surface area contributed by atoms with E-state index in [1.165, 1.54) is 14.2 Å². The number of amides is 3. The number of likely N-dealkylation sites (N-methyl/N-ethyl adjacent to an activating group) is 1. The van der Waals surface area contributed by atoms with Gasteiger partial charge in [0.25, 0.3) is 5.91 Å². The van der Waals surface area contributed by atoms with Crippen LogP contribution in [0, 0.1) is 0 Å². The van der Waals surface area contributed by atoms with E-state index in [4.69, 9.17) is 5.73 Å². The molecule has 0 radical (unpaired) electrons. The summed E-state index contributed by atoms with van der Waals surface area (Å²) < 4.78 is 0. The van der Waals surface area contributed by atoms with Crippen molar-refractivity contribution in [3.63, 3.8) is 0 Å². The van der Waals surface area contributed by atoms with Gasteiger partial charge < -0.3 is 10.6 Å². The second kappa shape index (κ2) is 4.51. The minimum absolute atomic E-state index is 0.108. The van der Waals surface area contributed by atoms with Gasteiger partial charge in [-0.05, 0) is 0 Å². The van der Waals surface area contributed by atoms with Gasteiger partial charge in [0.2, 0.25) is 0 Å². The number of hydrogen-bond donors (Lipinski definition) is 2. The van der Waals surface area contributed by atoms with E-state index in [1.54, 1.807) is 0 Å². The second-order valence-electron chi connectivity index (χ2n) is 1.92. The predicted octanol–water partition coefficient (Wildman–Crippen LogP) is -1.33. The maximum Gasteiger partial charge on any atom is 0.314 e. The Morgan fingerprint density at radius 1 is 1.64 bits per heavy atom. The smallest absolute Gasteiger partial charge is 0.314 e. The molecule has 0 heterocycles. The largest absolute Gasteiger partial charge is 0.351 e. The number of urea groups is 1. The molecule has 0 aromatic rings. The van der Waals surface area contributed by atoms with E-state index >= 15 is 0 Å². The van der Waals surface area contributed by atoms with E-state index in [2.05, 4.69) is 4.84 Å². The first-order chi connectivity index (χ1) is 5.07. The molecule has 0 aromatic carbocycles. The molecule has 6 heteroatoms. The molecule has 3 amide bonds. The maximum atomic E-state index is 10.7. The second-order valence-corrected chi connectivity index (χ2v) is 1.92. The lowest BCUT2D eigenvalue weighted by Crippen LogP contribution is -2.40. The van der Waals surface area contributed by atoms with Crippen molar-refractivity contribution in [3.8, 4) is 0 Å². The molecule has 0 unspecified atom stereocenters. The van der Waals surface area contributed by atoms with Crippen LogP contribution >= 0.6 is 0 Å². The summed E-state index contributed by atoms with van der Waals surface area (Å²) in [7, 11) is 2.72. The third-order valence-corrected chi connectivity index (χ3v) is 0.973. The normalized spacial score (nSPS) is 8.91. The van der Waals surface area contributed by atoms with Crippen molar-refractivity contribution in [1.29, 1.82) is 0 Å². The molecule has 0 bridgehead atoms. The quantitative estimate of drug-likeness (QED) is 0.503. The minimum atomic E-state index is -0.656. The Balaban J connectivity index is 3.66. The molecule has 0 aromatic heterocycles. The van der Waals surface area contributed by atoms with Crippen LogP contribution in [0.5, 0.6) is 0 Å². The lowest BCUT2D eigenvalue weighted by Gasteiger charge is -2.12. The number of carbonyl (C=O) groups is 2. The molecule has 0 aliphatic carbocycles. The van der Waals surface area contributed by atoms with Gasteiger partial charge in [0, 0.05) is 7.05 Å². The Bertz CT molecular complexity index is 159. The van der Waals surface area contributed by atoms with Gasteiger partial charge in [0.1, 0.15) is 6.54 Å². The molecule has 0 spiro atoms. The Morgan fingerprint density at radius 2 is 2.18 bits per heavy atom. The van der Waals surface area contributed by atoms with Gasteiger partial charge in [-0.15, -0.1) is 0 Å². The first-order valence-electron chi connectivity index (χ1n) is 2.90. The third-order valence-electron chi connectivity index (χ3n) is 0.973. The SMILES string of the molecule is CONC(=O)CN(C)C(N)=O. The Kier molecular flexibility index (Phi) is 3.97. The average molecular weight is 161 g/mol. The van der Waals surface area contributed by atoms with Gasteiger partial charge in [-0.2, -0.15) is 0 Å². The molecule has 11 heavy (non-hydrogen) atoms. The number of nitrogens with one attached hydrogen (secondary N) is 1. The molecule has 64 valence electrons. The number of primary amides is 1. The van der Waals surface area contributed by atoms with Crippen LogP contribution in [-0.4, -0.2) is 37.5 Å². The van der Waals surface area contributed by atoms with Crippen molar-refractivity contribution < 1.29 is 14.4 Å². The van der Waals surface area contributed by atoms with Gasteiger partial charge in [-0.3, -0.25) is 9.63 Å². The molecule has 3 N–H and O–H groups in total. The maximum absolute atomic E-state index is 10.7. The Morgan fingerprint density at radius 3 is 2.55 bits per heavy atom. The summed E-state index contributed by atoms with van der Waals surface area (Å²) in [5, 5.41) is 0. The van der Waals surface area contributed by atoms with Crippen LogP contribution in [0.1, 0.15) is 0 Å². The fourth-order valence-electron chi connectivity index (χ4n) is 0.439. The van der Waals surface area contributed by atoms with E-state index in [0.717, 1.165) is 4.90 Å². The molecule has 0 rings (SSSR count). The predicted molar refractivity (Wildman–Crippen MR) is 37.4 cm³/mol. The van der Waals surface area contributed by atoms with Crippen molar-refractivity contribution in [2.24, 2.45) is 5.73 Å². The Labute approximate surface area is 64.2 Å². The summed E-state index contributed by atoms with van der Waals surface area (Å²) in [4.78, 5) is 26.4. The monoisotopic (exact) mass is 161 g/mol. The number of rotatable bonds is 3. The molecule has 0 atom stereocenters. The fourth-order valence-corrected chi connectivity index (χ4v) is 0.439. The van der Waals surface area contributed by atoms with Gasteiger partial charge in [0.05, 0.1) is 7.11 Å². The minimum Gasteiger partial charge on any atom is -0.351 e. The van der Waals surface area contributed by atoms with E-state index in [-0.39, 0.29) is 6.54 Å². The van der Waals surface area contributed by atoms with Crippen LogP contribution in [0.25, 0.3) is 0 Å². The first-order valence-corrected chi connectivity index (χ1v) is 2.90. The van der Waals surface area contributed by atoms with Crippen LogP contribution in [0.15, 0.2) is 0 Å². The topological polar surface area (TPSA) is 84.7 Å². The summed E-state index contributed by atoms with van der Waals surface area (Å²) in [6.45, 7) is -0.108. The highest BCUT2D eigenvalue weighted by molar-refractivity contribution is 5.82. The zero-order valence-electron chi connectivity index (χ0n) is 6.46. The number of nitrogens with two attached hydrogens (primary N) is 1. The van der Waals surface area contributed by atoms with Crippen molar-refractivity contribution in [2.75, 3.05) is 20.7 Å². The van der Waals surface area contributed by atoms with Crippen molar-refractivity contribution in [1.82, 2.24) is 10.4 Å². The lowest BCUT2D eigenvalue weighted by atomic mass is 10.5. The molecule has 0 fully saturated rings. The molecule has 0 saturated heterocycles. The van der Waals surface area contributed by atoms with E-state index in [9.17, 15) is 9.59 Å². The highest BCUT2D eigenvalue weighted by Gasteiger charge is 2.07. The van der Waals surface area contributed by atoms with Crippen LogP contribution in [-0.2, 0) is 9.63 Å². The van der Waals surface area contributed by atoms with E-state index in [1.807, 2.05) is 5.48 Å². The Hall–Kier alpha value is -1.30. The molecule has 6 nitrogen and oxygen atoms in total. The summed E-state index contributed by atoms with van der Waals surface area (Å²) in [5.74, 6) is -0.422. The van der Waals surface area contributed by atoms with Crippen LogP contribution in [0.4, 0.5) is 4.79 Å². The van der Waals surface area contributed by atoms with Gasteiger partial charge in [-0.1, -0.05) is 0 Å². The first kappa shape index (κ1) is 9.70. The lowest BCUT2D eigenvalue weighted by molar-refractivity contribution is -0.131. The molecular weight excluding hydrogens is 150 g/mol. The summed E-state index contributed by atoms with van der Waals surface area (Å²) in [5.41, 5.74) is 6.89. The van der Waals surface area contributed by atoms with Crippen LogP contribution in [0.2, 0.25) is 0 Å². The van der Waals surface area contributed by atoms with E-state index < -0.39 is 11.9 Å². The zero-order valence-corrected chi connectivity index (χ0v) is 6.46. The summed E-state index contributed by atoms with van der Waals surface area (Å²) in [6.07, 6.45) is 0. The highest BCUT2D eigenvalue weighted by Crippen LogP contribution is 1.79. The van der Waals surface area contributed by atoms with Crippen LogP contribution < -0.4 is 11.2 Å². The van der Waals surface area contributed by atoms with Crippen molar-refractivity contribution >= 4 is 11.9 Å². The average Bonchev–Trinajstić information content (AvgIpc) is 1.87. The van der Waals surface area contributed by atoms with Crippen LogP contribution in [0.3, 0.4) is 0 Å². The number of hydrogen-bond acceptors (Lipinski definition) is 3. The zero-order chi connectivity index (χ0) is 8.85. The molecule has 0 aliphatic heterocycles. The summed E-state index contributed by atoms with van der Waals surface area (Å²) >= 11 is 0. The van der Waals surface area contributed by atoms with Gasteiger partial charge in [0.15, 0.2) is 0 Å². The van der Waals surface area contributed by atoms with E-state index in [0.29, 0.717) is 0 Å². The van der Waals surface area contributed by atoms with Crippen molar-refractivity contribution in [3.05, 3.63) is 0 Å². The number of nitrogens with zero attached hydrogens (tertiary/aromatic N) is 1. The molecular formula is C5H11N3O3. The number of carbonyl (C=O) groups excluding carboxylic acids is 2. The molecule has 0 aliphatic rings.